The third kappa shape index (κ3) is 2.56. The number of aromatic nitrogens is 3. The third-order valence-corrected chi connectivity index (χ3v) is 4.67. The molecule has 5 nitrogen and oxygen atoms in total. The summed E-state index contributed by atoms with van der Waals surface area (Å²) in [5.41, 5.74) is 2.04. The van der Waals surface area contributed by atoms with Gasteiger partial charge in [-0.2, -0.15) is 0 Å². The molecule has 0 amide bonds. The molecule has 0 bridgehead atoms. The van der Waals surface area contributed by atoms with Crippen LogP contribution in [0, 0.1) is 0 Å². The largest absolute Gasteiger partial charge is 0.381 e. The van der Waals surface area contributed by atoms with E-state index in [1.165, 1.54) is 31.8 Å². The molecular weight excluding hydrogens is 264 g/mol. The lowest BCUT2D eigenvalue weighted by Crippen LogP contribution is -2.25. The lowest BCUT2D eigenvalue weighted by Gasteiger charge is -2.17. The number of hydrogen-bond donors (Lipinski definition) is 0. The molecule has 5 heteroatoms. The van der Waals surface area contributed by atoms with E-state index in [9.17, 15) is 0 Å². The van der Waals surface area contributed by atoms with Crippen LogP contribution in [0.3, 0.4) is 0 Å². The fourth-order valence-corrected chi connectivity index (χ4v) is 3.49. The van der Waals surface area contributed by atoms with E-state index in [1.807, 2.05) is 12.3 Å². The van der Waals surface area contributed by atoms with Crippen molar-refractivity contribution < 1.29 is 4.74 Å². The monoisotopic (exact) mass is 286 g/mol. The van der Waals surface area contributed by atoms with Crippen LogP contribution in [-0.2, 0) is 11.3 Å². The minimum absolute atomic E-state index is 0.428. The van der Waals surface area contributed by atoms with Gasteiger partial charge in [0.25, 0.3) is 0 Å². The van der Waals surface area contributed by atoms with Crippen molar-refractivity contribution in [1.29, 1.82) is 0 Å². The summed E-state index contributed by atoms with van der Waals surface area (Å²) < 4.78 is 7.88. The van der Waals surface area contributed by atoms with Crippen molar-refractivity contribution in [3.8, 4) is 0 Å². The topological polar surface area (TPSA) is 43.2 Å². The van der Waals surface area contributed by atoms with Gasteiger partial charge >= 0.3 is 0 Å². The Labute approximate surface area is 124 Å². The molecule has 0 spiro atoms. The molecule has 2 saturated heterocycles. The summed E-state index contributed by atoms with van der Waals surface area (Å²) in [7, 11) is 0. The molecule has 0 aromatic carbocycles. The molecule has 1 unspecified atom stereocenters. The van der Waals surface area contributed by atoms with Crippen LogP contribution in [0.2, 0.25) is 0 Å². The molecule has 2 aromatic heterocycles. The quantitative estimate of drug-likeness (QED) is 0.862. The van der Waals surface area contributed by atoms with Crippen molar-refractivity contribution in [3.05, 3.63) is 24.2 Å². The SMILES string of the molecule is c1cnc2c(c1)nc(C1CCOC1)n2CCN1CCCC1. The van der Waals surface area contributed by atoms with E-state index < -0.39 is 0 Å². The zero-order chi connectivity index (χ0) is 14.1. The molecule has 0 aliphatic carbocycles. The first-order valence-electron chi connectivity index (χ1n) is 8.03. The Morgan fingerprint density at radius 3 is 2.95 bits per heavy atom. The average Bonchev–Trinajstić information content (AvgIpc) is 3.25. The Balaban J connectivity index is 1.64. The highest BCUT2D eigenvalue weighted by Crippen LogP contribution is 2.27. The Bertz CT molecular complexity index is 612. The van der Waals surface area contributed by atoms with Crippen LogP contribution in [-0.4, -0.2) is 52.3 Å². The Kier molecular flexibility index (Phi) is 3.61. The van der Waals surface area contributed by atoms with Crippen molar-refractivity contribution in [3.63, 3.8) is 0 Å². The minimum atomic E-state index is 0.428. The first-order valence-corrected chi connectivity index (χ1v) is 8.03. The fourth-order valence-electron chi connectivity index (χ4n) is 3.49. The number of nitrogens with zero attached hydrogens (tertiary/aromatic N) is 4. The van der Waals surface area contributed by atoms with Gasteiger partial charge in [-0.15, -0.1) is 0 Å². The first kappa shape index (κ1) is 13.2. The number of ether oxygens (including phenoxy) is 1. The summed E-state index contributed by atoms with van der Waals surface area (Å²) in [4.78, 5) is 11.9. The Morgan fingerprint density at radius 1 is 1.24 bits per heavy atom. The van der Waals surface area contributed by atoms with E-state index in [2.05, 4.69) is 20.5 Å². The maximum Gasteiger partial charge on any atom is 0.160 e. The van der Waals surface area contributed by atoms with E-state index in [0.29, 0.717) is 5.92 Å². The van der Waals surface area contributed by atoms with Gasteiger partial charge in [-0.1, -0.05) is 0 Å². The summed E-state index contributed by atoms with van der Waals surface area (Å²) >= 11 is 0. The number of pyridine rings is 1. The second kappa shape index (κ2) is 5.73. The van der Waals surface area contributed by atoms with Crippen LogP contribution >= 0.6 is 0 Å². The minimum Gasteiger partial charge on any atom is -0.381 e. The summed E-state index contributed by atoms with van der Waals surface area (Å²) in [6, 6.07) is 4.03. The Morgan fingerprint density at radius 2 is 2.14 bits per heavy atom. The van der Waals surface area contributed by atoms with Crippen molar-refractivity contribution in [1.82, 2.24) is 19.4 Å². The lowest BCUT2D eigenvalue weighted by molar-refractivity contribution is 0.192. The van der Waals surface area contributed by atoms with Crippen LogP contribution in [0.1, 0.15) is 31.0 Å². The van der Waals surface area contributed by atoms with Gasteiger partial charge in [-0.05, 0) is 44.5 Å². The zero-order valence-electron chi connectivity index (χ0n) is 12.4. The molecule has 0 radical (unpaired) electrons. The highest BCUT2D eigenvalue weighted by atomic mass is 16.5. The summed E-state index contributed by atoms with van der Waals surface area (Å²) in [5.74, 6) is 1.60. The van der Waals surface area contributed by atoms with Crippen molar-refractivity contribution in [2.24, 2.45) is 0 Å². The maximum absolute atomic E-state index is 5.56. The second-order valence-electron chi connectivity index (χ2n) is 6.08. The smallest absolute Gasteiger partial charge is 0.160 e. The molecule has 2 aliphatic rings. The number of imidazole rings is 1. The lowest BCUT2D eigenvalue weighted by atomic mass is 10.1. The molecule has 21 heavy (non-hydrogen) atoms. The molecule has 2 fully saturated rings. The third-order valence-electron chi connectivity index (χ3n) is 4.67. The van der Waals surface area contributed by atoms with E-state index >= 15 is 0 Å². The van der Waals surface area contributed by atoms with Crippen molar-refractivity contribution in [2.75, 3.05) is 32.8 Å². The summed E-state index contributed by atoms with van der Waals surface area (Å²) in [5, 5.41) is 0. The molecule has 112 valence electrons. The van der Waals surface area contributed by atoms with Gasteiger partial charge in [0.2, 0.25) is 0 Å². The Hall–Kier alpha value is -1.46. The number of likely N-dealkylation sites (tertiary alicyclic amines) is 1. The standard InChI is InChI=1S/C16H22N4O/c1-2-8-19(7-1)9-10-20-15(13-5-11-21-12-13)18-14-4-3-6-17-16(14)20/h3-4,6,13H,1-2,5,7-12H2. The maximum atomic E-state index is 5.56. The molecule has 1 atom stereocenters. The van der Waals surface area contributed by atoms with Crippen LogP contribution in [0.25, 0.3) is 11.2 Å². The summed E-state index contributed by atoms with van der Waals surface area (Å²) in [6.07, 6.45) is 5.62. The van der Waals surface area contributed by atoms with Gasteiger partial charge in [-0.25, -0.2) is 9.97 Å². The fraction of sp³-hybridized carbons (Fsp3) is 0.625. The van der Waals surface area contributed by atoms with Crippen LogP contribution < -0.4 is 0 Å². The van der Waals surface area contributed by atoms with E-state index in [0.717, 1.165) is 43.9 Å². The predicted octanol–water partition coefficient (Wildman–Crippen LogP) is 2.03. The van der Waals surface area contributed by atoms with E-state index in [1.54, 1.807) is 0 Å². The molecule has 4 heterocycles. The van der Waals surface area contributed by atoms with Gasteiger partial charge in [0, 0.05) is 31.8 Å². The molecule has 0 N–H and O–H groups in total. The first-order chi connectivity index (χ1) is 10.4. The van der Waals surface area contributed by atoms with Crippen LogP contribution in [0.4, 0.5) is 0 Å². The molecule has 4 rings (SSSR count). The van der Waals surface area contributed by atoms with Crippen LogP contribution in [0.5, 0.6) is 0 Å². The second-order valence-corrected chi connectivity index (χ2v) is 6.08. The van der Waals surface area contributed by atoms with Gasteiger partial charge < -0.3 is 14.2 Å². The van der Waals surface area contributed by atoms with Crippen molar-refractivity contribution >= 4 is 11.2 Å². The molecule has 2 aromatic rings. The zero-order valence-corrected chi connectivity index (χ0v) is 12.4. The molecule has 0 saturated carbocycles. The molecule has 2 aliphatic heterocycles. The van der Waals surface area contributed by atoms with E-state index in [-0.39, 0.29) is 0 Å². The van der Waals surface area contributed by atoms with Crippen LogP contribution in [0.15, 0.2) is 18.3 Å². The van der Waals surface area contributed by atoms with Gasteiger partial charge in [0.05, 0.1) is 6.61 Å². The highest BCUT2D eigenvalue weighted by Gasteiger charge is 2.25. The van der Waals surface area contributed by atoms with Gasteiger partial charge in [0.15, 0.2) is 5.65 Å². The molecular formula is C16H22N4O. The van der Waals surface area contributed by atoms with E-state index in [4.69, 9.17) is 9.72 Å². The average molecular weight is 286 g/mol. The van der Waals surface area contributed by atoms with Crippen molar-refractivity contribution in [2.45, 2.75) is 31.7 Å². The highest BCUT2D eigenvalue weighted by molar-refractivity contribution is 5.71. The number of hydrogen-bond acceptors (Lipinski definition) is 4. The summed E-state index contributed by atoms with van der Waals surface area (Å²) in [6.45, 7) is 6.21. The normalized spacial score (nSPS) is 23.3. The predicted molar refractivity (Wildman–Crippen MR) is 81.4 cm³/mol. The number of fused-ring (bicyclic) bond motifs is 1. The van der Waals surface area contributed by atoms with Gasteiger partial charge in [-0.3, -0.25) is 0 Å². The van der Waals surface area contributed by atoms with Gasteiger partial charge in [0.1, 0.15) is 11.3 Å². The number of rotatable bonds is 4.